The lowest BCUT2D eigenvalue weighted by atomic mass is 10.00. The van der Waals surface area contributed by atoms with Crippen molar-refractivity contribution in [2.24, 2.45) is 5.73 Å². The van der Waals surface area contributed by atoms with Crippen molar-refractivity contribution in [1.82, 2.24) is 4.98 Å². The molecule has 94 valence electrons. The molecule has 0 aliphatic carbocycles. The zero-order valence-electron chi connectivity index (χ0n) is 9.83. The molecule has 0 bridgehead atoms. The lowest BCUT2D eigenvalue weighted by Gasteiger charge is -2.18. The van der Waals surface area contributed by atoms with E-state index in [-0.39, 0.29) is 6.04 Å². The standard InChI is InChI=1S/C14H15BrN2O/c15-11-6-7-13(17-9-11)14(18)12(16)8-10-4-2-1-3-5-10/h1-7,9,12,14,18H,8,16H2. The van der Waals surface area contributed by atoms with Crippen LogP contribution in [-0.2, 0) is 6.42 Å². The molecule has 3 N–H and O–H groups in total. The number of pyridine rings is 1. The smallest absolute Gasteiger partial charge is 0.111 e. The Morgan fingerprint density at radius 3 is 2.50 bits per heavy atom. The van der Waals surface area contributed by atoms with Crippen LogP contribution in [-0.4, -0.2) is 16.1 Å². The highest BCUT2D eigenvalue weighted by Gasteiger charge is 2.18. The van der Waals surface area contributed by atoms with Gasteiger partial charge in [0.25, 0.3) is 0 Å². The molecule has 0 amide bonds. The molecule has 0 saturated carbocycles. The first-order valence-electron chi connectivity index (χ1n) is 5.76. The Hall–Kier alpha value is -1.23. The molecular formula is C14H15BrN2O. The van der Waals surface area contributed by atoms with Crippen LogP contribution in [0.2, 0.25) is 0 Å². The van der Waals surface area contributed by atoms with Crippen molar-refractivity contribution in [2.45, 2.75) is 18.6 Å². The van der Waals surface area contributed by atoms with Crippen molar-refractivity contribution in [2.75, 3.05) is 0 Å². The highest BCUT2D eigenvalue weighted by Crippen LogP contribution is 2.18. The van der Waals surface area contributed by atoms with E-state index in [0.717, 1.165) is 10.0 Å². The Morgan fingerprint density at radius 1 is 1.17 bits per heavy atom. The number of rotatable bonds is 4. The molecule has 1 aromatic carbocycles. The number of benzene rings is 1. The van der Waals surface area contributed by atoms with E-state index in [2.05, 4.69) is 20.9 Å². The van der Waals surface area contributed by atoms with Gasteiger partial charge in [-0.1, -0.05) is 30.3 Å². The molecule has 2 rings (SSSR count). The number of nitrogens with two attached hydrogens (primary N) is 1. The lowest BCUT2D eigenvalue weighted by molar-refractivity contribution is 0.141. The summed E-state index contributed by atoms with van der Waals surface area (Å²) >= 11 is 3.31. The number of halogens is 1. The molecule has 0 spiro atoms. The molecule has 2 atom stereocenters. The Balaban J connectivity index is 2.05. The van der Waals surface area contributed by atoms with E-state index in [4.69, 9.17) is 5.73 Å². The number of hydrogen-bond acceptors (Lipinski definition) is 3. The summed E-state index contributed by atoms with van der Waals surface area (Å²) in [5.74, 6) is 0. The monoisotopic (exact) mass is 306 g/mol. The van der Waals surface area contributed by atoms with Gasteiger partial charge in [-0.25, -0.2) is 0 Å². The minimum absolute atomic E-state index is 0.360. The number of nitrogens with zero attached hydrogens (tertiary/aromatic N) is 1. The minimum Gasteiger partial charge on any atom is -0.385 e. The summed E-state index contributed by atoms with van der Waals surface area (Å²) in [6.45, 7) is 0. The predicted octanol–water partition coefficient (Wildman–Crippen LogP) is 2.45. The van der Waals surface area contributed by atoms with Gasteiger partial charge in [0, 0.05) is 16.7 Å². The Bertz CT molecular complexity index is 487. The van der Waals surface area contributed by atoms with Crippen molar-refractivity contribution < 1.29 is 5.11 Å². The van der Waals surface area contributed by atoms with Gasteiger partial charge in [-0.05, 0) is 40.0 Å². The fraction of sp³-hybridized carbons (Fsp3) is 0.214. The summed E-state index contributed by atoms with van der Waals surface area (Å²) in [7, 11) is 0. The molecule has 0 fully saturated rings. The molecule has 1 aromatic heterocycles. The van der Waals surface area contributed by atoms with E-state index < -0.39 is 6.10 Å². The lowest BCUT2D eigenvalue weighted by Crippen LogP contribution is -2.31. The van der Waals surface area contributed by atoms with E-state index in [9.17, 15) is 5.11 Å². The largest absolute Gasteiger partial charge is 0.385 e. The number of hydrogen-bond donors (Lipinski definition) is 2. The van der Waals surface area contributed by atoms with Gasteiger partial charge in [-0.3, -0.25) is 4.98 Å². The normalized spacial score (nSPS) is 14.2. The molecule has 4 heteroatoms. The number of aromatic nitrogens is 1. The number of aliphatic hydroxyl groups excluding tert-OH is 1. The summed E-state index contributed by atoms with van der Waals surface area (Å²) in [5.41, 5.74) is 7.73. The molecule has 1 heterocycles. The summed E-state index contributed by atoms with van der Waals surface area (Å²) in [5, 5.41) is 10.1. The van der Waals surface area contributed by atoms with Crippen LogP contribution in [0.4, 0.5) is 0 Å². The van der Waals surface area contributed by atoms with Gasteiger partial charge >= 0.3 is 0 Å². The van der Waals surface area contributed by atoms with Gasteiger partial charge in [0.1, 0.15) is 6.10 Å². The SMILES string of the molecule is NC(Cc1ccccc1)C(O)c1ccc(Br)cn1. The van der Waals surface area contributed by atoms with Crippen LogP contribution in [0.5, 0.6) is 0 Å². The molecule has 0 aliphatic heterocycles. The van der Waals surface area contributed by atoms with Crippen LogP contribution >= 0.6 is 15.9 Å². The summed E-state index contributed by atoms with van der Waals surface area (Å²) < 4.78 is 0.884. The fourth-order valence-corrected chi connectivity index (χ4v) is 2.01. The van der Waals surface area contributed by atoms with Crippen molar-refractivity contribution in [1.29, 1.82) is 0 Å². The molecular weight excluding hydrogens is 292 g/mol. The average molecular weight is 307 g/mol. The maximum atomic E-state index is 10.1. The van der Waals surface area contributed by atoms with E-state index in [1.165, 1.54) is 0 Å². The fourth-order valence-electron chi connectivity index (χ4n) is 1.78. The second-order valence-electron chi connectivity index (χ2n) is 4.20. The van der Waals surface area contributed by atoms with Crippen molar-refractivity contribution in [3.05, 3.63) is 64.4 Å². The van der Waals surface area contributed by atoms with Gasteiger partial charge in [0.15, 0.2) is 0 Å². The summed E-state index contributed by atoms with van der Waals surface area (Å²) in [4.78, 5) is 4.16. The van der Waals surface area contributed by atoms with Gasteiger partial charge in [-0.15, -0.1) is 0 Å². The average Bonchev–Trinajstić information content (AvgIpc) is 2.40. The van der Waals surface area contributed by atoms with Crippen LogP contribution in [0.3, 0.4) is 0 Å². The second kappa shape index (κ2) is 6.09. The quantitative estimate of drug-likeness (QED) is 0.912. The van der Waals surface area contributed by atoms with E-state index in [0.29, 0.717) is 12.1 Å². The molecule has 0 saturated heterocycles. The molecule has 0 aliphatic rings. The Labute approximate surface area is 115 Å². The van der Waals surface area contributed by atoms with Gasteiger partial charge < -0.3 is 10.8 Å². The van der Waals surface area contributed by atoms with Crippen LogP contribution in [0.1, 0.15) is 17.4 Å². The second-order valence-corrected chi connectivity index (χ2v) is 5.12. The Morgan fingerprint density at radius 2 is 1.89 bits per heavy atom. The maximum Gasteiger partial charge on any atom is 0.111 e. The van der Waals surface area contributed by atoms with Crippen molar-refractivity contribution >= 4 is 15.9 Å². The summed E-state index contributed by atoms with van der Waals surface area (Å²) in [6, 6.07) is 13.2. The summed E-state index contributed by atoms with van der Waals surface area (Å²) in [6.07, 6.45) is 1.53. The Kier molecular flexibility index (Phi) is 4.47. The van der Waals surface area contributed by atoms with Crippen LogP contribution in [0.15, 0.2) is 53.1 Å². The van der Waals surface area contributed by atoms with Crippen LogP contribution in [0.25, 0.3) is 0 Å². The van der Waals surface area contributed by atoms with E-state index in [1.807, 2.05) is 36.4 Å². The maximum absolute atomic E-state index is 10.1. The van der Waals surface area contributed by atoms with Gasteiger partial charge in [0.2, 0.25) is 0 Å². The third kappa shape index (κ3) is 3.38. The third-order valence-corrected chi connectivity index (χ3v) is 3.24. The highest BCUT2D eigenvalue weighted by atomic mass is 79.9. The van der Waals surface area contributed by atoms with Gasteiger partial charge in [0.05, 0.1) is 5.69 Å². The van der Waals surface area contributed by atoms with Gasteiger partial charge in [-0.2, -0.15) is 0 Å². The predicted molar refractivity (Wildman–Crippen MR) is 75.0 cm³/mol. The van der Waals surface area contributed by atoms with E-state index in [1.54, 1.807) is 12.3 Å². The topological polar surface area (TPSA) is 59.1 Å². The molecule has 3 nitrogen and oxygen atoms in total. The first-order valence-corrected chi connectivity index (χ1v) is 6.55. The first-order chi connectivity index (χ1) is 8.66. The zero-order valence-corrected chi connectivity index (χ0v) is 11.4. The minimum atomic E-state index is -0.752. The highest BCUT2D eigenvalue weighted by molar-refractivity contribution is 9.10. The first kappa shape index (κ1) is 13.2. The van der Waals surface area contributed by atoms with Crippen LogP contribution < -0.4 is 5.73 Å². The zero-order chi connectivity index (χ0) is 13.0. The van der Waals surface area contributed by atoms with Crippen molar-refractivity contribution in [3.63, 3.8) is 0 Å². The van der Waals surface area contributed by atoms with E-state index >= 15 is 0 Å². The molecule has 2 unspecified atom stereocenters. The van der Waals surface area contributed by atoms with Crippen LogP contribution in [0, 0.1) is 0 Å². The number of aliphatic hydroxyl groups is 1. The molecule has 18 heavy (non-hydrogen) atoms. The third-order valence-electron chi connectivity index (χ3n) is 2.77. The van der Waals surface area contributed by atoms with Crippen molar-refractivity contribution in [3.8, 4) is 0 Å². The molecule has 2 aromatic rings. The molecule has 0 radical (unpaired) electrons.